The van der Waals surface area contributed by atoms with Gasteiger partial charge in [-0.05, 0) is 32.6 Å². The van der Waals surface area contributed by atoms with Gasteiger partial charge in [0.2, 0.25) is 0 Å². The van der Waals surface area contributed by atoms with E-state index in [0.29, 0.717) is 0 Å². The van der Waals surface area contributed by atoms with Crippen LogP contribution in [0, 0.1) is 11.8 Å². The Morgan fingerprint density at radius 1 is 1.23 bits per heavy atom. The fourth-order valence-corrected chi connectivity index (χ4v) is 1.67. The van der Waals surface area contributed by atoms with Crippen molar-refractivity contribution < 1.29 is 5.11 Å². The number of hydrogen-bond acceptors (Lipinski definition) is 2. The van der Waals surface area contributed by atoms with E-state index in [2.05, 4.69) is 32.6 Å². The van der Waals surface area contributed by atoms with Crippen molar-refractivity contribution >= 4 is 0 Å². The van der Waals surface area contributed by atoms with E-state index in [-0.39, 0.29) is 11.6 Å². The van der Waals surface area contributed by atoms with E-state index in [1.54, 1.807) is 0 Å². The van der Waals surface area contributed by atoms with Crippen LogP contribution in [0.3, 0.4) is 0 Å². The summed E-state index contributed by atoms with van der Waals surface area (Å²) in [5.74, 6) is 1.61. The molecule has 13 heavy (non-hydrogen) atoms. The van der Waals surface area contributed by atoms with Crippen molar-refractivity contribution in [3.05, 3.63) is 0 Å². The molecule has 2 heteroatoms. The molecule has 1 rings (SSSR count). The molecule has 0 aliphatic carbocycles. The second kappa shape index (κ2) is 3.58. The molecule has 1 aliphatic heterocycles. The summed E-state index contributed by atoms with van der Waals surface area (Å²) in [4.78, 5) is 2.38. The molecule has 0 radical (unpaired) electrons. The van der Waals surface area contributed by atoms with Crippen LogP contribution in [0.4, 0.5) is 0 Å². The quantitative estimate of drug-likeness (QED) is 0.724. The zero-order valence-corrected chi connectivity index (χ0v) is 9.54. The first-order chi connectivity index (χ1) is 5.85. The van der Waals surface area contributed by atoms with Gasteiger partial charge in [-0.3, -0.25) is 4.90 Å². The van der Waals surface area contributed by atoms with Gasteiger partial charge in [0.15, 0.2) is 0 Å². The molecule has 0 spiro atoms. The minimum atomic E-state index is -0.249. The molecule has 1 unspecified atom stereocenters. The summed E-state index contributed by atoms with van der Waals surface area (Å²) in [5, 5.41) is 9.60. The van der Waals surface area contributed by atoms with Gasteiger partial charge in [0.1, 0.15) is 0 Å². The number of likely N-dealkylation sites (tertiary alicyclic amines) is 1. The molecule has 0 aromatic carbocycles. The Labute approximate surface area is 81.9 Å². The summed E-state index contributed by atoms with van der Waals surface area (Å²) in [7, 11) is 0. The number of hydrogen-bond donors (Lipinski definition) is 1. The predicted molar refractivity (Wildman–Crippen MR) is 55.7 cm³/mol. The Morgan fingerprint density at radius 3 is 2.00 bits per heavy atom. The second-order valence-corrected chi connectivity index (χ2v) is 5.24. The number of aliphatic hydroxyl groups is 1. The lowest BCUT2D eigenvalue weighted by Crippen LogP contribution is -2.62. The average molecular weight is 185 g/mol. The summed E-state index contributed by atoms with van der Waals surface area (Å²) in [6, 6.07) is 0. The zero-order chi connectivity index (χ0) is 10.2. The third-order valence-electron chi connectivity index (χ3n) is 3.69. The highest BCUT2D eigenvalue weighted by molar-refractivity contribution is 4.95. The maximum Gasteiger partial charge on any atom is 0.0690 e. The molecule has 78 valence electrons. The molecule has 0 aromatic heterocycles. The molecular weight excluding hydrogens is 162 g/mol. The first kappa shape index (κ1) is 11.0. The molecule has 1 saturated heterocycles. The fraction of sp³-hybridized carbons (Fsp3) is 1.00. The largest absolute Gasteiger partial charge is 0.392 e. The van der Waals surface area contributed by atoms with Crippen molar-refractivity contribution in [1.29, 1.82) is 0 Å². The highest BCUT2D eigenvalue weighted by Gasteiger charge is 2.40. The molecule has 1 atom stereocenters. The van der Waals surface area contributed by atoms with Crippen molar-refractivity contribution in [2.24, 2.45) is 11.8 Å². The molecule has 0 saturated carbocycles. The highest BCUT2D eigenvalue weighted by Crippen LogP contribution is 2.31. The minimum Gasteiger partial charge on any atom is -0.392 e. The summed E-state index contributed by atoms with van der Waals surface area (Å²) in [6.07, 6.45) is -0.249. The van der Waals surface area contributed by atoms with Crippen LogP contribution >= 0.6 is 0 Å². The Bertz CT molecular complexity index is 169. The molecule has 1 aliphatic rings. The van der Waals surface area contributed by atoms with E-state index in [4.69, 9.17) is 0 Å². The molecule has 2 nitrogen and oxygen atoms in total. The third-order valence-corrected chi connectivity index (χ3v) is 3.69. The van der Waals surface area contributed by atoms with Gasteiger partial charge in [0, 0.05) is 18.6 Å². The fourth-order valence-electron chi connectivity index (χ4n) is 1.67. The standard InChI is InChI=1S/C11H23NO/c1-8(2)10-6-12(7-10)11(4,5)9(3)13/h8-10,13H,6-7H2,1-5H3. The van der Waals surface area contributed by atoms with Crippen molar-refractivity contribution in [2.75, 3.05) is 13.1 Å². The van der Waals surface area contributed by atoms with Gasteiger partial charge in [-0.1, -0.05) is 13.8 Å². The van der Waals surface area contributed by atoms with Gasteiger partial charge in [-0.15, -0.1) is 0 Å². The highest BCUT2D eigenvalue weighted by atomic mass is 16.3. The molecule has 0 amide bonds. The van der Waals surface area contributed by atoms with E-state index >= 15 is 0 Å². The molecule has 1 heterocycles. The first-order valence-corrected chi connectivity index (χ1v) is 5.28. The Kier molecular flexibility index (Phi) is 3.03. The van der Waals surface area contributed by atoms with Gasteiger partial charge in [-0.25, -0.2) is 0 Å². The van der Waals surface area contributed by atoms with Crippen LogP contribution in [0.1, 0.15) is 34.6 Å². The van der Waals surface area contributed by atoms with E-state index in [9.17, 15) is 5.11 Å². The lowest BCUT2D eigenvalue weighted by Gasteiger charge is -2.52. The number of nitrogens with zero attached hydrogens (tertiary/aromatic N) is 1. The predicted octanol–water partition coefficient (Wildman–Crippen LogP) is 1.73. The zero-order valence-electron chi connectivity index (χ0n) is 9.54. The second-order valence-electron chi connectivity index (χ2n) is 5.24. The van der Waals surface area contributed by atoms with Crippen molar-refractivity contribution in [1.82, 2.24) is 4.90 Å². The SMILES string of the molecule is CC(C)C1CN(C(C)(C)C(C)O)C1. The monoisotopic (exact) mass is 185 g/mol. The summed E-state index contributed by atoms with van der Waals surface area (Å²) in [6.45, 7) is 13.0. The third kappa shape index (κ3) is 2.05. The average Bonchev–Trinajstić information content (AvgIpc) is 1.80. The minimum absolute atomic E-state index is 0.0502. The Morgan fingerprint density at radius 2 is 1.69 bits per heavy atom. The molecule has 0 bridgehead atoms. The summed E-state index contributed by atoms with van der Waals surface area (Å²) in [5.41, 5.74) is -0.0502. The van der Waals surface area contributed by atoms with Crippen molar-refractivity contribution in [3.63, 3.8) is 0 Å². The van der Waals surface area contributed by atoms with Crippen LogP contribution < -0.4 is 0 Å². The van der Waals surface area contributed by atoms with E-state index < -0.39 is 0 Å². The van der Waals surface area contributed by atoms with E-state index in [1.807, 2.05) is 6.92 Å². The Hall–Kier alpha value is -0.0800. The maximum absolute atomic E-state index is 9.60. The lowest BCUT2D eigenvalue weighted by molar-refractivity contribution is -0.0719. The van der Waals surface area contributed by atoms with Gasteiger partial charge in [-0.2, -0.15) is 0 Å². The molecule has 0 aromatic rings. The Balaban J connectivity index is 2.42. The van der Waals surface area contributed by atoms with Crippen molar-refractivity contribution in [3.8, 4) is 0 Å². The summed E-state index contributed by atoms with van der Waals surface area (Å²) >= 11 is 0. The van der Waals surface area contributed by atoms with Crippen LogP contribution in [0.15, 0.2) is 0 Å². The van der Waals surface area contributed by atoms with Gasteiger partial charge >= 0.3 is 0 Å². The topological polar surface area (TPSA) is 23.5 Å². The van der Waals surface area contributed by atoms with Crippen LogP contribution in [0.2, 0.25) is 0 Å². The van der Waals surface area contributed by atoms with Crippen molar-refractivity contribution in [2.45, 2.75) is 46.3 Å². The summed E-state index contributed by atoms with van der Waals surface area (Å²) < 4.78 is 0. The van der Waals surface area contributed by atoms with E-state index in [1.165, 1.54) is 0 Å². The van der Waals surface area contributed by atoms with Crippen LogP contribution in [0.5, 0.6) is 0 Å². The molecule has 1 N–H and O–H groups in total. The van der Waals surface area contributed by atoms with Gasteiger partial charge < -0.3 is 5.11 Å². The number of aliphatic hydroxyl groups excluding tert-OH is 1. The van der Waals surface area contributed by atoms with Crippen LogP contribution in [-0.2, 0) is 0 Å². The maximum atomic E-state index is 9.60. The van der Waals surface area contributed by atoms with Crippen LogP contribution in [0.25, 0.3) is 0 Å². The van der Waals surface area contributed by atoms with Crippen LogP contribution in [-0.4, -0.2) is 34.7 Å². The van der Waals surface area contributed by atoms with Gasteiger partial charge in [0.25, 0.3) is 0 Å². The molecular formula is C11H23NO. The molecule has 1 fully saturated rings. The van der Waals surface area contributed by atoms with Gasteiger partial charge in [0.05, 0.1) is 6.10 Å². The number of rotatable bonds is 3. The van der Waals surface area contributed by atoms with E-state index in [0.717, 1.165) is 24.9 Å². The first-order valence-electron chi connectivity index (χ1n) is 5.28. The smallest absolute Gasteiger partial charge is 0.0690 e. The normalized spacial score (nSPS) is 23.3. The lowest BCUT2D eigenvalue weighted by atomic mass is 9.82.